The Hall–Kier alpha value is -1.97. The number of pyridine rings is 1. The van der Waals surface area contributed by atoms with E-state index >= 15 is 0 Å². The second-order valence-electron chi connectivity index (χ2n) is 6.96. The van der Waals surface area contributed by atoms with Crippen molar-refractivity contribution in [1.82, 2.24) is 19.1 Å². The number of nitrogens with zero attached hydrogens (tertiary/aromatic N) is 5. The molecule has 4 rings (SSSR count). The Labute approximate surface area is 159 Å². The smallest absolute Gasteiger partial charge is 0.246 e. The third kappa shape index (κ3) is 3.99. The van der Waals surface area contributed by atoms with Crippen molar-refractivity contribution in [1.29, 1.82) is 0 Å². The van der Waals surface area contributed by atoms with Gasteiger partial charge in [0.2, 0.25) is 10.0 Å². The monoisotopic (exact) mass is 391 g/mol. The Balaban J connectivity index is 1.56. The molecule has 1 unspecified atom stereocenters. The van der Waals surface area contributed by atoms with Crippen LogP contribution in [0.4, 0.5) is 5.82 Å². The van der Waals surface area contributed by atoms with Crippen LogP contribution in [0.1, 0.15) is 19.3 Å². The highest BCUT2D eigenvalue weighted by atomic mass is 32.2. The van der Waals surface area contributed by atoms with Crippen molar-refractivity contribution < 1.29 is 13.2 Å². The molecule has 2 aliphatic rings. The van der Waals surface area contributed by atoms with Gasteiger partial charge in [-0.05, 0) is 31.0 Å². The summed E-state index contributed by atoms with van der Waals surface area (Å²) in [5.74, 6) is 0.525. The first-order chi connectivity index (χ1) is 13.1. The summed E-state index contributed by atoms with van der Waals surface area (Å²) >= 11 is 0. The molecule has 2 fully saturated rings. The maximum absolute atomic E-state index is 13.2. The van der Waals surface area contributed by atoms with Gasteiger partial charge in [-0.2, -0.15) is 9.40 Å². The molecule has 0 aromatic carbocycles. The van der Waals surface area contributed by atoms with E-state index in [1.165, 1.54) is 0 Å². The predicted octanol–water partition coefficient (Wildman–Crippen LogP) is 1.36. The first-order valence-electron chi connectivity index (χ1n) is 9.44. The Morgan fingerprint density at radius 3 is 2.74 bits per heavy atom. The van der Waals surface area contributed by atoms with Crippen LogP contribution in [0.5, 0.6) is 0 Å². The highest BCUT2D eigenvalue weighted by Gasteiger charge is 2.32. The molecule has 0 bridgehead atoms. The number of hydrogen-bond acceptors (Lipinski definition) is 6. The summed E-state index contributed by atoms with van der Waals surface area (Å²) in [5.41, 5.74) is 0. The molecule has 0 N–H and O–H groups in total. The van der Waals surface area contributed by atoms with E-state index in [-0.39, 0.29) is 6.10 Å². The SMILES string of the molecule is O=S(=O)(c1cccnc1N1CCOC(Cn2cccn2)C1)N1CCCCC1. The average molecular weight is 391 g/mol. The van der Waals surface area contributed by atoms with Crippen LogP contribution in [0.3, 0.4) is 0 Å². The fourth-order valence-electron chi connectivity index (χ4n) is 3.70. The molecule has 8 nitrogen and oxygen atoms in total. The Morgan fingerprint density at radius 1 is 1.11 bits per heavy atom. The first kappa shape index (κ1) is 18.4. The summed E-state index contributed by atoms with van der Waals surface area (Å²) in [6, 6.07) is 5.24. The second-order valence-corrected chi connectivity index (χ2v) is 8.86. The lowest BCUT2D eigenvalue weighted by molar-refractivity contribution is 0.0270. The van der Waals surface area contributed by atoms with Gasteiger partial charge >= 0.3 is 0 Å². The van der Waals surface area contributed by atoms with Crippen molar-refractivity contribution in [2.24, 2.45) is 0 Å². The third-order valence-corrected chi connectivity index (χ3v) is 6.99. The van der Waals surface area contributed by atoms with Crippen LogP contribution in [0, 0.1) is 0 Å². The van der Waals surface area contributed by atoms with E-state index in [4.69, 9.17) is 4.74 Å². The van der Waals surface area contributed by atoms with E-state index < -0.39 is 10.0 Å². The fraction of sp³-hybridized carbons (Fsp3) is 0.556. The minimum atomic E-state index is -3.54. The highest BCUT2D eigenvalue weighted by molar-refractivity contribution is 7.89. The molecule has 4 heterocycles. The van der Waals surface area contributed by atoms with Crippen LogP contribution in [0.15, 0.2) is 41.7 Å². The van der Waals surface area contributed by atoms with E-state index in [0.717, 1.165) is 19.3 Å². The third-order valence-electron chi connectivity index (χ3n) is 5.07. The van der Waals surface area contributed by atoms with Crippen molar-refractivity contribution in [2.75, 3.05) is 37.7 Å². The van der Waals surface area contributed by atoms with Gasteiger partial charge < -0.3 is 9.64 Å². The zero-order valence-electron chi connectivity index (χ0n) is 15.3. The van der Waals surface area contributed by atoms with E-state index in [1.54, 1.807) is 28.8 Å². The highest BCUT2D eigenvalue weighted by Crippen LogP contribution is 2.28. The second kappa shape index (κ2) is 7.95. The van der Waals surface area contributed by atoms with Gasteiger partial charge in [0.1, 0.15) is 10.7 Å². The molecule has 0 radical (unpaired) electrons. The van der Waals surface area contributed by atoms with Gasteiger partial charge in [-0.25, -0.2) is 13.4 Å². The molecular formula is C18H25N5O3S. The van der Waals surface area contributed by atoms with Gasteiger partial charge in [0.05, 0.1) is 19.3 Å². The Bertz CT molecular complexity index is 850. The zero-order valence-corrected chi connectivity index (χ0v) is 16.1. The Kier molecular flexibility index (Phi) is 5.42. The number of piperidine rings is 1. The van der Waals surface area contributed by atoms with Crippen molar-refractivity contribution in [3.8, 4) is 0 Å². The molecule has 1 atom stereocenters. The van der Waals surface area contributed by atoms with Crippen LogP contribution >= 0.6 is 0 Å². The summed E-state index contributed by atoms with van der Waals surface area (Å²) in [6.45, 7) is 3.54. The Morgan fingerprint density at radius 2 is 1.96 bits per heavy atom. The lowest BCUT2D eigenvalue weighted by Gasteiger charge is -2.35. The molecule has 0 spiro atoms. The van der Waals surface area contributed by atoms with Crippen LogP contribution in [-0.4, -0.2) is 66.4 Å². The fourth-order valence-corrected chi connectivity index (χ4v) is 5.38. The largest absolute Gasteiger partial charge is 0.373 e. The van der Waals surface area contributed by atoms with E-state index in [2.05, 4.69) is 10.1 Å². The van der Waals surface area contributed by atoms with Crippen LogP contribution < -0.4 is 4.90 Å². The van der Waals surface area contributed by atoms with Gasteiger partial charge in [-0.1, -0.05) is 6.42 Å². The quantitative estimate of drug-likeness (QED) is 0.766. The van der Waals surface area contributed by atoms with Crippen molar-refractivity contribution in [2.45, 2.75) is 36.8 Å². The minimum Gasteiger partial charge on any atom is -0.373 e. The maximum atomic E-state index is 13.2. The average Bonchev–Trinajstić information content (AvgIpc) is 3.22. The van der Waals surface area contributed by atoms with Gasteiger partial charge in [0, 0.05) is 44.8 Å². The van der Waals surface area contributed by atoms with Crippen LogP contribution in [0.2, 0.25) is 0 Å². The van der Waals surface area contributed by atoms with Crippen molar-refractivity contribution in [3.05, 3.63) is 36.8 Å². The molecular weight excluding hydrogens is 366 g/mol. The first-order valence-corrected chi connectivity index (χ1v) is 10.9. The number of aromatic nitrogens is 3. The molecule has 9 heteroatoms. The standard InChI is InChI=1S/C18H25N5O3S/c24-27(25,23-10-2-1-3-11-23)17-6-4-7-19-18(17)21-12-13-26-16(14-21)15-22-9-5-8-20-22/h4-9,16H,1-3,10-15H2. The van der Waals surface area contributed by atoms with E-state index in [9.17, 15) is 8.42 Å². The maximum Gasteiger partial charge on any atom is 0.246 e. The number of anilines is 1. The number of morpholine rings is 1. The lowest BCUT2D eigenvalue weighted by Crippen LogP contribution is -2.45. The predicted molar refractivity (Wildman–Crippen MR) is 101 cm³/mol. The number of hydrogen-bond donors (Lipinski definition) is 0. The topological polar surface area (TPSA) is 80.6 Å². The molecule has 0 amide bonds. The minimum absolute atomic E-state index is 0.0637. The van der Waals surface area contributed by atoms with Gasteiger partial charge in [-0.15, -0.1) is 0 Å². The summed E-state index contributed by atoms with van der Waals surface area (Å²) in [6.07, 6.45) is 8.15. The van der Waals surface area contributed by atoms with E-state index in [1.807, 2.05) is 21.8 Å². The zero-order chi connectivity index (χ0) is 18.7. The van der Waals surface area contributed by atoms with Gasteiger partial charge in [0.25, 0.3) is 0 Å². The number of ether oxygens (including phenoxy) is 1. The summed E-state index contributed by atoms with van der Waals surface area (Å²) < 4.78 is 35.7. The van der Waals surface area contributed by atoms with Gasteiger partial charge in [-0.3, -0.25) is 4.68 Å². The lowest BCUT2D eigenvalue weighted by atomic mass is 10.2. The summed E-state index contributed by atoms with van der Waals surface area (Å²) in [7, 11) is -3.54. The number of sulfonamides is 1. The molecule has 2 aromatic heterocycles. The van der Waals surface area contributed by atoms with Gasteiger partial charge in [0.15, 0.2) is 0 Å². The molecule has 0 aliphatic carbocycles. The van der Waals surface area contributed by atoms with Crippen molar-refractivity contribution >= 4 is 15.8 Å². The summed E-state index contributed by atoms with van der Waals surface area (Å²) in [5, 5.41) is 4.23. The van der Waals surface area contributed by atoms with Crippen LogP contribution in [0.25, 0.3) is 0 Å². The van der Waals surface area contributed by atoms with Crippen molar-refractivity contribution in [3.63, 3.8) is 0 Å². The molecule has 146 valence electrons. The molecule has 0 saturated carbocycles. The van der Waals surface area contributed by atoms with Crippen LogP contribution in [-0.2, 0) is 21.3 Å². The normalized spacial score (nSPS) is 22.1. The molecule has 2 aromatic rings. The van der Waals surface area contributed by atoms with E-state index in [0.29, 0.717) is 50.0 Å². The summed E-state index contributed by atoms with van der Waals surface area (Å²) in [4.78, 5) is 6.76. The number of rotatable bonds is 5. The molecule has 2 aliphatic heterocycles. The molecule has 2 saturated heterocycles. The molecule has 27 heavy (non-hydrogen) atoms.